The van der Waals surface area contributed by atoms with Crippen LogP contribution >= 0.6 is 0 Å². The Kier molecular flexibility index (Phi) is 12.1. The van der Waals surface area contributed by atoms with E-state index < -0.39 is 5.41 Å². The van der Waals surface area contributed by atoms with Gasteiger partial charge in [-0.25, -0.2) is 0 Å². The zero-order valence-electron chi connectivity index (χ0n) is 50.1. The summed E-state index contributed by atoms with van der Waals surface area (Å²) >= 11 is 0. The van der Waals surface area contributed by atoms with E-state index in [1.54, 1.807) is 0 Å². The van der Waals surface area contributed by atoms with E-state index in [4.69, 9.17) is 0 Å². The van der Waals surface area contributed by atoms with Crippen molar-refractivity contribution in [2.24, 2.45) is 10.8 Å². The summed E-state index contributed by atoms with van der Waals surface area (Å²) in [6.07, 6.45) is 1.14. The molecule has 412 valence electrons. The van der Waals surface area contributed by atoms with Crippen molar-refractivity contribution in [3.63, 3.8) is 0 Å². The van der Waals surface area contributed by atoms with Gasteiger partial charge in [0.05, 0.1) is 5.41 Å². The van der Waals surface area contributed by atoms with E-state index in [1.807, 2.05) is 0 Å². The molecule has 3 aliphatic rings. The van der Waals surface area contributed by atoms with Gasteiger partial charge in [-0.2, -0.15) is 0 Å². The number of benzene rings is 12. The molecule has 3 aliphatic carbocycles. The molecule has 0 amide bonds. The third kappa shape index (κ3) is 8.49. The first-order valence-corrected chi connectivity index (χ1v) is 30.6. The Morgan fingerprint density at radius 2 is 0.694 bits per heavy atom. The largest absolute Gasteiger partial charge is 0.310 e. The Bertz CT molecular complexity index is 4570. The molecule has 1 nitrogen and oxygen atoms in total. The van der Waals surface area contributed by atoms with Gasteiger partial charge in [0.1, 0.15) is 0 Å². The first kappa shape index (κ1) is 52.5. The van der Waals surface area contributed by atoms with Gasteiger partial charge < -0.3 is 4.90 Å². The molecule has 0 radical (unpaired) electrons. The summed E-state index contributed by atoms with van der Waals surface area (Å²) in [6, 6.07) is 101. The maximum absolute atomic E-state index is 2.54. The molecule has 0 aromatic heterocycles. The van der Waals surface area contributed by atoms with E-state index in [9.17, 15) is 0 Å². The maximum Gasteiger partial charge on any atom is 0.0725 e. The summed E-state index contributed by atoms with van der Waals surface area (Å²) in [5.41, 5.74) is 30.4. The van der Waals surface area contributed by atoms with Crippen LogP contribution in [0.25, 0.3) is 88.7 Å². The minimum atomic E-state index is -0.496. The van der Waals surface area contributed by atoms with Crippen molar-refractivity contribution < 1.29 is 0 Å². The summed E-state index contributed by atoms with van der Waals surface area (Å²) in [6.45, 7) is 19.0. The maximum atomic E-state index is 2.54. The molecule has 0 bridgehead atoms. The molecule has 0 saturated carbocycles. The molecule has 0 fully saturated rings. The van der Waals surface area contributed by atoms with Crippen molar-refractivity contribution in [2.75, 3.05) is 4.90 Å². The monoisotopic (exact) mass is 1090 g/mol. The van der Waals surface area contributed by atoms with Gasteiger partial charge in [0.2, 0.25) is 0 Å². The standard InChI is InChI=1S/C84H71N/c1-81(2,3)53-80(82(4,5)6)58-32-30-56(31-33-58)59-38-45-72-69-25-15-18-28-75(69)84(78(72)50-59)76-29-19-16-26-70(76)73-46-39-60(51-79(73)84)65-49-48-64(66-22-12-13-23-67(65)66)57-36-42-62(43-37-57)85(61-40-34-55(35-41-61)54-20-10-9-11-21-54)63-44-47-71-68-24-14-17-27-74(68)83(7,8)77(71)52-63/h9-52,80H,53H2,1-8H3. The number of nitrogens with zero attached hydrogens (tertiary/aromatic N) is 1. The lowest BCUT2D eigenvalue weighted by molar-refractivity contribution is 0.229. The average molecular weight is 1090 g/mol. The Balaban J connectivity index is 0.816. The van der Waals surface area contributed by atoms with Gasteiger partial charge in [0, 0.05) is 22.5 Å². The van der Waals surface area contributed by atoms with Crippen molar-refractivity contribution in [1.82, 2.24) is 0 Å². The summed E-state index contributed by atoms with van der Waals surface area (Å²) in [5.74, 6) is 0.460. The van der Waals surface area contributed by atoms with Crippen LogP contribution in [0.15, 0.2) is 267 Å². The van der Waals surface area contributed by atoms with E-state index in [0.29, 0.717) is 5.92 Å². The second-order valence-corrected chi connectivity index (χ2v) is 27.1. The SMILES string of the molecule is CC(C)(C)CC(c1ccc(-c2ccc3c(c2)C2(c4ccccc4-3)c3ccccc3-c3ccc(-c4ccc(-c5ccc(N(c6ccc(-c7ccccc7)cc6)c6ccc7c(c6)C(C)(C)c6ccccc6-7)cc5)c5ccccc45)cc32)cc1)C(C)(C)C. The normalized spacial score (nSPS) is 15.4. The van der Waals surface area contributed by atoms with E-state index in [1.165, 1.54) is 128 Å². The molecule has 0 saturated heterocycles. The fraction of sp³-hybridized carbons (Fsp3) is 0.167. The molecular weight excluding hydrogens is 1020 g/mol. The van der Waals surface area contributed by atoms with Crippen LogP contribution in [-0.2, 0) is 10.8 Å². The molecule has 12 aromatic carbocycles. The predicted octanol–water partition coefficient (Wildman–Crippen LogP) is 23.2. The molecule has 0 heterocycles. The van der Waals surface area contributed by atoms with Crippen LogP contribution in [0.1, 0.15) is 107 Å². The average Bonchev–Trinajstić information content (AvgIpc) is 1.53. The highest BCUT2D eigenvalue weighted by Crippen LogP contribution is 2.64. The van der Waals surface area contributed by atoms with Crippen molar-refractivity contribution in [1.29, 1.82) is 0 Å². The van der Waals surface area contributed by atoms with Crippen LogP contribution in [0.5, 0.6) is 0 Å². The Labute approximate surface area is 503 Å². The molecular formula is C84H71N. The number of hydrogen-bond acceptors (Lipinski definition) is 1. The van der Waals surface area contributed by atoms with Crippen LogP contribution in [-0.4, -0.2) is 0 Å². The molecule has 15 rings (SSSR count). The highest BCUT2D eigenvalue weighted by atomic mass is 15.1. The summed E-state index contributed by atoms with van der Waals surface area (Å²) in [4.78, 5) is 2.42. The van der Waals surface area contributed by atoms with E-state index >= 15 is 0 Å². The second kappa shape index (κ2) is 19.6. The van der Waals surface area contributed by atoms with Gasteiger partial charge in [0.15, 0.2) is 0 Å². The number of rotatable bonds is 9. The van der Waals surface area contributed by atoms with Gasteiger partial charge in [-0.05, 0) is 199 Å². The van der Waals surface area contributed by atoms with Gasteiger partial charge in [-0.15, -0.1) is 0 Å². The van der Waals surface area contributed by atoms with Crippen LogP contribution in [0.2, 0.25) is 0 Å². The van der Waals surface area contributed by atoms with Crippen molar-refractivity contribution in [2.45, 2.75) is 78.6 Å². The Hall–Kier alpha value is -9.30. The first-order valence-electron chi connectivity index (χ1n) is 30.6. The lowest BCUT2D eigenvalue weighted by atomic mass is 9.69. The Morgan fingerprint density at radius 1 is 0.306 bits per heavy atom. The van der Waals surface area contributed by atoms with Crippen molar-refractivity contribution >= 4 is 27.8 Å². The third-order valence-corrected chi connectivity index (χ3v) is 19.3. The molecule has 1 spiro atoms. The summed E-state index contributed by atoms with van der Waals surface area (Å²) < 4.78 is 0. The molecule has 85 heavy (non-hydrogen) atoms. The summed E-state index contributed by atoms with van der Waals surface area (Å²) in [5, 5.41) is 2.48. The van der Waals surface area contributed by atoms with Crippen LogP contribution in [0.3, 0.4) is 0 Å². The van der Waals surface area contributed by atoms with Gasteiger partial charge in [0.25, 0.3) is 0 Å². The van der Waals surface area contributed by atoms with Gasteiger partial charge >= 0.3 is 0 Å². The quantitative estimate of drug-likeness (QED) is 0.139. The topological polar surface area (TPSA) is 3.24 Å². The number of hydrogen-bond donors (Lipinski definition) is 0. The second-order valence-electron chi connectivity index (χ2n) is 27.1. The molecule has 12 aromatic rings. The zero-order chi connectivity index (χ0) is 58.0. The highest BCUT2D eigenvalue weighted by molar-refractivity contribution is 6.06. The highest BCUT2D eigenvalue weighted by Gasteiger charge is 2.52. The Morgan fingerprint density at radius 3 is 1.27 bits per heavy atom. The molecule has 2 atom stereocenters. The fourth-order valence-electron chi connectivity index (χ4n) is 15.2. The molecule has 2 unspecified atom stereocenters. The van der Waals surface area contributed by atoms with E-state index in [-0.39, 0.29) is 16.2 Å². The third-order valence-electron chi connectivity index (χ3n) is 19.3. The summed E-state index contributed by atoms with van der Waals surface area (Å²) in [7, 11) is 0. The fourth-order valence-corrected chi connectivity index (χ4v) is 15.2. The van der Waals surface area contributed by atoms with Crippen LogP contribution in [0, 0.1) is 10.8 Å². The minimum Gasteiger partial charge on any atom is -0.310 e. The number of anilines is 3. The van der Waals surface area contributed by atoms with Crippen LogP contribution < -0.4 is 4.90 Å². The lowest BCUT2D eigenvalue weighted by Crippen LogP contribution is -2.26. The first-order chi connectivity index (χ1) is 41.1. The van der Waals surface area contributed by atoms with E-state index in [0.717, 1.165) is 23.5 Å². The minimum absolute atomic E-state index is 0.123. The van der Waals surface area contributed by atoms with Gasteiger partial charge in [-0.3, -0.25) is 0 Å². The smallest absolute Gasteiger partial charge is 0.0725 e. The lowest BCUT2D eigenvalue weighted by Gasteiger charge is -2.36. The molecule has 0 aliphatic heterocycles. The van der Waals surface area contributed by atoms with E-state index in [2.05, 4.69) is 327 Å². The molecule has 1 heteroatoms. The number of fused-ring (bicyclic) bond motifs is 14. The van der Waals surface area contributed by atoms with Crippen molar-refractivity contribution in [3.8, 4) is 77.9 Å². The van der Waals surface area contributed by atoms with Gasteiger partial charge in [-0.1, -0.05) is 274 Å². The predicted molar refractivity (Wildman–Crippen MR) is 361 cm³/mol. The zero-order valence-corrected chi connectivity index (χ0v) is 50.1. The van der Waals surface area contributed by atoms with Crippen molar-refractivity contribution in [3.05, 3.63) is 306 Å². The molecule has 0 N–H and O–H groups in total. The van der Waals surface area contributed by atoms with Crippen LogP contribution in [0.4, 0.5) is 17.1 Å².